The number of halogens is 2. The molecule has 6 aliphatic heterocycles. The molecule has 17 nitrogen and oxygen atoms in total. The van der Waals surface area contributed by atoms with Gasteiger partial charge in [-0.05, 0) is 123 Å². The number of fused-ring (bicyclic) bond motifs is 9. The van der Waals surface area contributed by atoms with Crippen LogP contribution in [0.1, 0.15) is 90.9 Å². The molecule has 0 radical (unpaired) electrons. The molecule has 4 aromatic carbocycles. The van der Waals surface area contributed by atoms with Gasteiger partial charge in [-0.3, -0.25) is 28.9 Å². The lowest BCUT2D eigenvalue weighted by atomic mass is 9.73. The molecule has 5 aromatic rings. The summed E-state index contributed by atoms with van der Waals surface area (Å²) in [5.41, 5.74) is 13.8. The minimum absolute atomic E-state index is 0.0360. The highest BCUT2D eigenvalue weighted by Gasteiger charge is 2.54. The van der Waals surface area contributed by atoms with Crippen molar-refractivity contribution in [1.82, 2.24) is 30.7 Å². The van der Waals surface area contributed by atoms with Gasteiger partial charge in [-0.15, -0.1) is 11.3 Å². The van der Waals surface area contributed by atoms with Crippen molar-refractivity contribution in [3.8, 4) is 0 Å². The molecule has 1 aromatic heterocycles. The maximum absolute atomic E-state index is 13.6. The zero-order valence-electron chi connectivity index (χ0n) is 52.9. The van der Waals surface area contributed by atoms with Crippen LogP contribution < -0.4 is 25.8 Å². The van der Waals surface area contributed by atoms with E-state index in [9.17, 15) is 24.0 Å². The second-order valence-corrected chi connectivity index (χ2v) is 27.4. The maximum Gasteiger partial charge on any atom is 0.261 e. The third-order valence-corrected chi connectivity index (χ3v) is 20.3. The fraction of sp³-hybridized carbons (Fsp3) is 0.457. The fourth-order valence-electron chi connectivity index (χ4n) is 13.7. The van der Waals surface area contributed by atoms with Gasteiger partial charge in [0, 0.05) is 123 Å². The molecule has 3 N–H and O–H groups in total. The molecule has 0 spiro atoms. The molecule has 90 heavy (non-hydrogen) atoms. The summed E-state index contributed by atoms with van der Waals surface area (Å²) in [7, 11) is 3.22. The zero-order chi connectivity index (χ0) is 63.4. The number of aryl methyl sites for hydroxylation is 1. The SMILES string of the molecule is Cc1ccc2c(c1)C(C)(C)C1=[N+]2CCC2OC3CCN4C(=C3C=C12)C(C)(C)c1cc(CC(=O)N(C)CC(=O)NCCOCCOCCNC(=O)CN(C)C(=O)/C=C/c2ccc3sc(C(=O)NCCCCN5CCN(c6cccc(Cl)c6Cl)CC5)cc3c2)ccc14. The molecule has 5 amide bonds. The largest absolute Gasteiger partial charge is 0.377 e. The zero-order valence-corrected chi connectivity index (χ0v) is 55.2. The molecule has 0 bridgehead atoms. The average Bonchev–Trinajstić information content (AvgIpc) is 1.54. The standard InChI is InChI=1S/C70H83Cl2N9O8S/c1-45-13-17-54-51(37-45)69(2,3)66-49-42-50-58(89-57(49)21-27-80(54)66)22-28-81-55-18-14-47(39-52(55)70(4,5)67(50)81)40-64(85)77(7)44-62(83)74-25-34-88-36-35-87-33-24-73-61(82)43-76(6)63(84)20-16-46-15-19-59-48(38-46)41-60(90-59)68(86)75-23-8-9-26-78-29-31-79(32-30-78)56-12-10-11-53(71)65(56)72/h10-20,37-39,41-42,57-58H,8-9,21-36,40,43-44H2,1-7H3,(H2-,73,74,75,82,83,86)/p+1/b20-16+. The van der Waals surface area contributed by atoms with Crippen LogP contribution in [0.25, 0.3) is 16.2 Å². The Bertz CT molecular complexity index is 3720. The number of amides is 5. The van der Waals surface area contributed by atoms with E-state index in [1.807, 2.05) is 42.5 Å². The van der Waals surface area contributed by atoms with Crippen LogP contribution in [0.4, 0.5) is 17.1 Å². The predicted octanol–water partition coefficient (Wildman–Crippen LogP) is 9.22. The monoisotopic (exact) mass is 1280 g/mol. The molecule has 6 aliphatic rings. The summed E-state index contributed by atoms with van der Waals surface area (Å²) in [6.07, 6.45) is 9.63. The molecule has 20 heteroatoms. The number of anilines is 2. The first-order valence-electron chi connectivity index (χ1n) is 31.6. The maximum atomic E-state index is 13.6. The van der Waals surface area contributed by atoms with E-state index >= 15 is 0 Å². The lowest BCUT2D eigenvalue weighted by molar-refractivity contribution is -0.445. The second kappa shape index (κ2) is 27.9. The third-order valence-electron chi connectivity index (χ3n) is 18.4. The van der Waals surface area contributed by atoms with E-state index in [4.69, 9.17) is 37.4 Å². The van der Waals surface area contributed by atoms with Crippen molar-refractivity contribution >= 4 is 103 Å². The Labute approximate surface area is 542 Å². The first kappa shape index (κ1) is 64.6. The highest BCUT2D eigenvalue weighted by molar-refractivity contribution is 7.20. The van der Waals surface area contributed by atoms with E-state index in [1.54, 1.807) is 26.2 Å². The van der Waals surface area contributed by atoms with Crippen molar-refractivity contribution in [3.05, 3.63) is 151 Å². The molecule has 2 unspecified atom stereocenters. The topological polar surface area (TPSA) is 168 Å². The number of carbonyl (C=O) groups excluding carboxylic acids is 5. The van der Waals surface area contributed by atoms with Crippen LogP contribution >= 0.6 is 34.5 Å². The number of piperazine rings is 1. The van der Waals surface area contributed by atoms with Crippen molar-refractivity contribution in [3.63, 3.8) is 0 Å². The number of unbranched alkanes of at least 4 members (excludes halogenated alkanes) is 1. The van der Waals surface area contributed by atoms with E-state index in [2.05, 4.69) is 106 Å². The van der Waals surface area contributed by atoms with E-state index < -0.39 is 0 Å². The fourth-order valence-corrected chi connectivity index (χ4v) is 15.1. The number of nitrogens with one attached hydrogen (secondary N) is 3. The van der Waals surface area contributed by atoms with Gasteiger partial charge in [0.1, 0.15) is 0 Å². The number of carbonyl (C=O) groups is 5. The molecule has 2 atom stereocenters. The molecule has 1 saturated heterocycles. The number of thiophene rings is 1. The number of hydrogen-bond acceptors (Lipinski definition) is 12. The van der Waals surface area contributed by atoms with Crippen molar-refractivity contribution in [2.45, 2.75) is 89.8 Å². The van der Waals surface area contributed by atoms with Gasteiger partial charge in [-0.1, -0.05) is 72.9 Å². The molecule has 0 aliphatic carbocycles. The summed E-state index contributed by atoms with van der Waals surface area (Å²) in [5.74, 6) is -1.17. The van der Waals surface area contributed by atoms with Crippen molar-refractivity contribution in [2.75, 3.05) is 129 Å². The second-order valence-electron chi connectivity index (χ2n) is 25.5. The smallest absolute Gasteiger partial charge is 0.261 e. The number of allylic oxidation sites excluding steroid dienone is 1. The minimum atomic E-state index is -0.328. The van der Waals surface area contributed by atoms with Gasteiger partial charge >= 0.3 is 0 Å². The summed E-state index contributed by atoms with van der Waals surface area (Å²) < 4.78 is 21.8. The number of ether oxygens (including phenoxy) is 3. The molecular formula is C70H84Cl2N9O8S+. The summed E-state index contributed by atoms with van der Waals surface area (Å²) in [4.78, 5) is 75.7. The number of nitrogens with zero attached hydrogens (tertiary/aromatic N) is 6. The number of benzene rings is 4. The average molecular weight is 1280 g/mol. The van der Waals surface area contributed by atoms with Crippen LogP contribution in [-0.2, 0) is 50.6 Å². The van der Waals surface area contributed by atoms with Crippen LogP contribution in [0.5, 0.6) is 0 Å². The summed E-state index contributed by atoms with van der Waals surface area (Å²) in [6, 6.07) is 26.7. The third kappa shape index (κ3) is 14.1. The van der Waals surface area contributed by atoms with Gasteiger partial charge in [0.2, 0.25) is 29.3 Å². The Morgan fingerprint density at radius 3 is 2.26 bits per heavy atom. The van der Waals surface area contributed by atoms with Gasteiger partial charge < -0.3 is 49.8 Å². The number of hydrogen-bond donors (Lipinski definition) is 3. The van der Waals surface area contributed by atoms with Gasteiger partial charge in [0.25, 0.3) is 5.91 Å². The lowest BCUT2D eigenvalue weighted by Gasteiger charge is -2.42. The molecule has 7 heterocycles. The molecular weight excluding hydrogens is 1200 g/mol. The lowest BCUT2D eigenvalue weighted by Crippen LogP contribution is -2.47. The van der Waals surface area contributed by atoms with Crippen LogP contribution in [0.2, 0.25) is 10.0 Å². The Kier molecular flexibility index (Phi) is 20.0. The molecule has 1 fully saturated rings. The molecule has 476 valence electrons. The van der Waals surface area contributed by atoms with Gasteiger partial charge in [0.05, 0.1) is 84.2 Å². The summed E-state index contributed by atoms with van der Waals surface area (Å²) in [6.45, 7) is 19.9. The van der Waals surface area contributed by atoms with Crippen molar-refractivity contribution < 1.29 is 42.8 Å². The Morgan fingerprint density at radius 2 is 1.50 bits per heavy atom. The van der Waals surface area contributed by atoms with Crippen molar-refractivity contribution in [2.24, 2.45) is 0 Å². The van der Waals surface area contributed by atoms with Gasteiger partial charge in [0.15, 0.2) is 12.3 Å². The van der Waals surface area contributed by atoms with Crippen LogP contribution in [0.3, 0.4) is 0 Å². The van der Waals surface area contributed by atoms with Gasteiger partial charge in [-0.2, -0.15) is 4.58 Å². The normalized spacial score (nSPS) is 18.8. The van der Waals surface area contributed by atoms with Crippen LogP contribution in [-0.4, -0.2) is 186 Å². The highest BCUT2D eigenvalue weighted by Crippen LogP contribution is 2.54. The minimum Gasteiger partial charge on any atom is -0.377 e. The Hall–Kier alpha value is -6.90. The van der Waals surface area contributed by atoms with Crippen LogP contribution in [0, 0.1) is 6.92 Å². The first-order chi connectivity index (χ1) is 43.2. The van der Waals surface area contributed by atoms with E-state index in [0.717, 1.165) is 98.4 Å². The quantitative estimate of drug-likeness (QED) is 0.0306. The highest BCUT2D eigenvalue weighted by atomic mass is 35.5. The van der Waals surface area contributed by atoms with Gasteiger partial charge in [-0.25, -0.2) is 0 Å². The van der Waals surface area contributed by atoms with E-state index in [1.165, 1.54) is 77.8 Å². The first-order valence-corrected chi connectivity index (χ1v) is 33.2. The summed E-state index contributed by atoms with van der Waals surface area (Å²) >= 11 is 14.1. The molecule has 11 rings (SSSR count). The van der Waals surface area contributed by atoms with E-state index in [0.29, 0.717) is 21.5 Å². The Morgan fingerprint density at radius 1 is 0.756 bits per heavy atom. The van der Waals surface area contributed by atoms with Crippen molar-refractivity contribution in [1.29, 1.82) is 0 Å². The van der Waals surface area contributed by atoms with E-state index in [-0.39, 0.29) is 112 Å². The molecule has 0 saturated carbocycles. The summed E-state index contributed by atoms with van der Waals surface area (Å²) in [5, 5.41) is 10.8. The number of likely N-dealkylation sites (N-methyl/N-ethyl adjacent to an activating group) is 2. The number of rotatable bonds is 24. The van der Waals surface area contributed by atoms with Crippen LogP contribution in [0.15, 0.2) is 108 Å². The Balaban J connectivity index is 0.536. The predicted molar refractivity (Wildman–Crippen MR) is 358 cm³/mol.